The summed E-state index contributed by atoms with van der Waals surface area (Å²) in [6.45, 7) is 2.56. The van der Waals surface area contributed by atoms with Crippen molar-refractivity contribution in [2.45, 2.75) is 25.4 Å². The molecule has 0 bridgehead atoms. The highest BCUT2D eigenvalue weighted by Gasteiger charge is 2.37. The van der Waals surface area contributed by atoms with E-state index in [0.717, 1.165) is 10.0 Å². The van der Waals surface area contributed by atoms with Crippen LogP contribution in [0.15, 0.2) is 22.7 Å². The third-order valence-corrected chi connectivity index (χ3v) is 6.13. The van der Waals surface area contributed by atoms with E-state index in [-0.39, 0.29) is 17.0 Å². The molecule has 18 heavy (non-hydrogen) atoms. The molecular weight excluding hydrogens is 338 g/mol. The van der Waals surface area contributed by atoms with Crippen molar-refractivity contribution in [3.8, 4) is 0 Å². The molecule has 6 heteroatoms. The Morgan fingerprint density at radius 1 is 1.50 bits per heavy atom. The van der Waals surface area contributed by atoms with E-state index in [1.165, 1.54) is 0 Å². The molecule has 1 aliphatic rings. The summed E-state index contributed by atoms with van der Waals surface area (Å²) in [5, 5.41) is 4.01. The van der Waals surface area contributed by atoms with Gasteiger partial charge in [0.25, 0.3) is 0 Å². The van der Waals surface area contributed by atoms with Crippen LogP contribution in [0.1, 0.15) is 18.9 Å². The highest BCUT2D eigenvalue weighted by Crippen LogP contribution is 2.25. The number of halogens is 2. The molecule has 1 atom stereocenters. The van der Waals surface area contributed by atoms with Crippen molar-refractivity contribution in [1.29, 1.82) is 0 Å². The number of benzene rings is 1. The maximum Gasteiger partial charge on any atom is 0.152 e. The van der Waals surface area contributed by atoms with Gasteiger partial charge < -0.3 is 5.32 Å². The van der Waals surface area contributed by atoms with Crippen LogP contribution in [-0.4, -0.2) is 25.5 Å². The van der Waals surface area contributed by atoms with E-state index in [1.807, 2.05) is 25.1 Å². The summed E-state index contributed by atoms with van der Waals surface area (Å²) in [6, 6.07) is 5.59. The van der Waals surface area contributed by atoms with E-state index in [0.29, 0.717) is 18.0 Å². The first kappa shape index (κ1) is 14.3. The second-order valence-electron chi connectivity index (χ2n) is 4.99. The average molecular weight is 353 g/mol. The van der Waals surface area contributed by atoms with Crippen LogP contribution in [0, 0.1) is 0 Å². The summed E-state index contributed by atoms with van der Waals surface area (Å²) in [6.07, 6.45) is 0.660. The molecule has 0 amide bonds. The Kier molecular flexibility index (Phi) is 4.07. The predicted octanol–water partition coefficient (Wildman–Crippen LogP) is 2.77. The topological polar surface area (TPSA) is 46.2 Å². The average Bonchev–Trinajstić information content (AvgIpc) is 2.55. The van der Waals surface area contributed by atoms with Gasteiger partial charge in [-0.3, -0.25) is 0 Å². The van der Waals surface area contributed by atoms with Crippen LogP contribution in [0.25, 0.3) is 0 Å². The van der Waals surface area contributed by atoms with Crippen molar-refractivity contribution in [3.63, 3.8) is 0 Å². The van der Waals surface area contributed by atoms with E-state index in [9.17, 15) is 8.42 Å². The minimum Gasteiger partial charge on any atom is -0.306 e. The summed E-state index contributed by atoms with van der Waals surface area (Å²) < 4.78 is 24.0. The fraction of sp³-hybridized carbons (Fsp3) is 0.500. The molecule has 1 aromatic rings. The van der Waals surface area contributed by atoms with Gasteiger partial charge in [-0.15, -0.1) is 0 Å². The monoisotopic (exact) mass is 351 g/mol. The van der Waals surface area contributed by atoms with Gasteiger partial charge in [0.05, 0.1) is 11.5 Å². The smallest absolute Gasteiger partial charge is 0.152 e. The zero-order valence-electron chi connectivity index (χ0n) is 10.0. The molecule has 1 fully saturated rings. The lowest BCUT2D eigenvalue weighted by molar-refractivity contribution is 0.395. The first-order valence-corrected chi connectivity index (χ1v) is 8.68. The summed E-state index contributed by atoms with van der Waals surface area (Å²) in [5.74, 6) is 0.478. The third-order valence-electron chi connectivity index (χ3n) is 3.22. The Bertz CT molecular complexity index is 561. The molecule has 0 spiro atoms. The largest absolute Gasteiger partial charge is 0.306 e. The van der Waals surface area contributed by atoms with Gasteiger partial charge in [0.2, 0.25) is 0 Å². The van der Waals surface area contributed by atoms with Crippen LogP contribution in [-0.2, 0) is 16.4 Å². The van der Waals surface area contributed by atoms with Crippen LogP contribution in [0.3, 0.4) is 0 Å². The van der Waals surface area contributed by atoms with E-state index >= 15 is 0 Å². The van der Waals surface area contributed by atoms with Crippen LogP contribution in [0.4, 0.5) is 0 Å². The first-order chi connectivity index (χ1) is 8.30. The summed E-state index contributed by atoms with van der Waals surface area (Å²) in [7, 11) is -2.88. The molecule has 0 radical (unpaired) electrons. The molecule has 3 nitrogen and oxygen atoms in total. The number of rotatable bonds is 3. The predicted molar refractivity (Wildman–Crippen MR) is 77.7 cm³/mol. The Morgan fingerprint density at radius 3 is 2.83 bits per heavy atom. The number of sulfone groups is 1. The lowest BCUT2D eigenvalue weighted by atomic mass is 10.0. The second kappa shape index (κ2) is 5.12. The highest BCUT2D eigenvalue weighted by molar-refractivity contribution is 9.10. The Morgan fingerprint density at radius 2 is 2.22 bits per heavy atom. The summed E-state index contributed by atoms with van der Waals surface area (Å²) >= 11 is 9.41. The zero-order chi connectivity index (χ0) is 13.4. The van der Waals surface area contributed by atoms with Crippen molar-refractivity contribution < 1.29 is 8.42 Å². The van der Waals surface area contributed by atoms with E-state index < -0.39 is 9.84 Å². The minimum atomic E-state index is -2.88. The molecule has 100 valence electrons. The van der Waals surface area contributed by atoms with Gasteiger partial charge in [0, 0.05) is 21.6 Å². The SMILES string of the molecule is CC1(NCc2cc(Cl)ccc2Br)CCS(=O)(=O)C1. The fourth-order valence-electron chi connectivity index (χ4n) is 2.14. The lowest BCUT2D eigenvalue weighted by Gasteiger charge is -2.24. The Labute approximate surface area is 121 Å². The first-order valence-electron chi connectivity index (χ1n) is 5.69. The fourth-order valence-corrected chi connectivity index (χ4v) is 4.84. The lowest BCUT2D eigenvalue weighted by Crippen LogP contribution is -2.42. The Balaban J connectivity index is 2.06. The third kappa shape index (κ3) is 3.47. The summed E-state index contributed by atoms with van der Waals surface area (Å²) in [4.78, 5) is 0. The summed E-state index contributed by atoms with van der Waals surface area (Å²) in [5.41, 5.74) is 0.702. The normalized spacial score (nSPS) is 26.4. The van der Waals surface area contributed by atoms with Gasteiger partial charge >= 0.3 is 0 Å². The van der Waals surface area contributed by atoms with Gasteiger partial charge in [0.1, 0.15) is 0 Å². The molecule has 2 rings (SSSR count). The van der Waals surface area contributed by atoms with Gasteiger partial charge in [0.15, 0.2) is 9.84 Å². The molecule has 1 unspecified atom stereocenters. The number of hydrogen-bond donors (Lipinski definition) is 1. The maximum absolute atomic E-state index is 11.5. The number of hydrogen-bond acceptors (Lipinski definition) is 3. The zero-order valence-corrected chi connectivity index (χ0v) is 13.2. The molecule has 0 aromatic heterocycles. The standard InChI is InChI=1S/C12H15BrClNO2S/c1-12(4-5-18(16,17)8-12)15-7-9-6-10(14)2-3-11(9)13/h2-3,6,15H,4-5,7-8H2,1H3. The second-order valence-corrected chi connectivity index (χ2v) is 8.47. The van der Waals surface area contributed by atoms with E-state index in [1.54, 1.807) is 0 Å². The molecule has 0 aliphatic carbocycles. The maximum atomic E-state index is 11.5. The quantitative estimate of drug-likeness (QED) is 0.910. The van der Waals surface area contributed by atoms with Crippen LogP contribution in [0.5, 0.6) is 0 Å². The van der Waals surface area contributed by atoms with Gasteiger partial charge in [-0.1, -0.05) is 27.5 Å². The Hall–Kier alpha value is -0.100. The van der Waals surface area contributed by atoms with Crippen molar-refractivity contribution in [2.24, 2.45) is 0 Å². The van der Waals surface area contributed by atoms with Crippen molar-refractivity contribution >= 4 is 37.4 Å². The highest BCUT2D eigenvalue weighted by atomic mass is 79.9. The van der Waals surface area contributed by atoms with Crippen molar-refractivity contribution in [1.82, 2.24) is 5.32 Å². The van der Waals surface area contributed by atoms with Crippen molar-refractivity contribution in [2.75, 3.05) is 11.5 Å². The molecular formula is C12H15BrClNO2S. The molecule has 1 N–H and O–H groups in total. The number of nitrogens with one attached hydrogen (secondary N) is 1. The van der Waals surface area contributed by atoms with E-state index in [2.05, 4.69) is 21.2 Å². The van der Waals surface area contributed by atoms with Crippen LogP contribution < -0.4 is 5.32 Å². The van der Waals surface area contributed by atoms with Crippen LogP contribution >= 0.6 is 27.5 Å². The van der Waals surface area contributed by atoms with E-state index in [4.69, 9.17) is 11.6 Å². The van der Waals surface area contributed by atoms with Gasteiger partial charge in [-0.25, -0.2) is 8.42 Å². The van der Waals surface area contributed by atoms with Gasteiger partial charge in [-0.05, 0) is 37.1 Å². The molecule has 1 saturated heterocycles. The van der Waals surface area contributed by atoms with Gasteiger partial charge in [-0.2, -0.15) is 0 Å². The molecule has 1 aromatic carbocycles. The minimum absolute atomic E-state index is 0.207. The molecule has 1 heterocycles. The molecule has 1 aliphatic heterocycles. The molecule has 0 saturated carbocycles. The van der Waals surface area contributed by atoms with Crippen LogP contribution in [0.2, 0.25) is 5.02 Å². The van der Waals surface area contributed by atoms with Crippen molar-refractivity contribution in [3.05, 3.63) is 33.3 Å².